The number of halogens is 1. The average Bonchev–Trinajstić information content (AvgIpc) is 2.63. The van der Waals surface area contributed by atoms with Crippen LogP contribution < -0.4 is 11.1 Å². The van der Waals surface area contributed by atoms with Gasteiger partial charge in [-0.2, -0.15) is 0 Å². The molecule has 4 nitrogen and oxygen atoms in total. The van der Waals surface area contributed by atoms with Gasteiger partial charge in [0.05, 0.1) is 16.3 Å². The molecular weight excluding hydrogens is 264 g/mol. The van der Waals surface area contributed by atoms with Crippen LogP contribution >= 0.6 is 11.6 Å². The van der Waals surface area contributed by atoms with Gasteiger partial charge in [-0.05, 0) is 36.8 Å². The summed E-state index contributed by atoms with van der Waals surface area (Å²) in [5, 5.41) is 12.9. The third-order valence-electron chi connectivity index (χ3n) is 4.14. The minimum Gasteiger partial charge on any atom is -0.478 e. The van der Waals surface area contributed by atoms with Crippen molar-refractivity contribution >= 4 is 28.9 Å². The second-order valence-electron chi connectivity index (χ2n) is 5.40. The van der Waals surface area contributed by atoms with Gasteiger partial charge in [0.25, 0.3) is 0 Å². The van der Waals surface area contributed by atoms with Gasteiger partial charge in [0.2, 0.25) is 0 Å². The van der Waals surface area contributed by atoms with Crippen molar-refractivity contribution in [2.24, 2.45) is 11.8 Å². The Labute approximate surface area is 117 Å². The standard InChI is InChI=1S/C14H19ClN2O2/c1-7-3-4-12(8(7)2)17-13-10(14(18)19)5-9(16)6-11(13)15/h5-8,12,17H,3-4,16H2,1-2H3,(H,18,19). The molecule has 1 saturated carbocycles. The second-order valence-corrected chi connectivity index (χ2v) is 5.80. The van der Waals surface area contributed by atoms with Crippen LogP contribution in [-0.2, 0) is 0 Å². The third-order valence-corrected chi connectivity index (χ3v) is 4.44. The highest BCUT2D eigenvalue weighted by atomic mass is 35.5. The number of nitrogens with two attached hydrogens (primary N) is 1. The van der Waals surface area contributed by atoms with E-state index in [1.807, 2.05) is 0 Å². The minimum absolute atomic E-state index is 0.136. The van der Waals surface area contributed by atoms with Gasteiger partial charge in [-0.15, -0.1) is 0 Å². The molecule has 0 spiro atoms. The Kier molecular flexibility index (Phi) is 3.90. The fraction of sp³-hybridized carbons (Fsp3) is 0.500. The number of nitrogen functional groups attached to an aromatic ring is 1. The van der Waals surface area contributed by atoms with E-state index in [-0.39, 0.29) is 11.6 Å². The van der Waals surface area contributed by atoms with Crippen LogP contribution in [0.1, 0.15) is 37.0 Å². The Morgan fingerprint density at radius 3 is 2.63 bits per heavy atom. The summed E-state index contributed by atoms with van der Waals surface area (Å²) < 4.78 is 0. The first-order valence-corrected chi connectivity index (χ1v) is 6.86. The Morgan fingerprint density at radius 1 is 1.42 bits per heavy atom. The molecule has 0 heterocycles. The van der Waals surface area contributed by atoms with Gasteiger partial charge >= 0.3 is 5.97 Å². The van der Waals surface area contributed by atoms with Crippen molar-refractivity contribution in [1.82, 2.24) is 0 Å². The average molecular weight is 283 g/mol. The van der Waals surface area contributed by atoms with Gasteiger partial charge in [-0.25, -0.2) is 4.79 Å². The van der Waals surface area contributed by atoms with Crippen molar-refractivity contribution in [2.75, 3.05) is 11.1 Å². The molecule has 0 aliphatic heterocycles. The molecular formula is C14H19ClN2O2. The lowest BCUT2D eigenvalue weighted by Gasteiger charge is -2.23. The SMILES string of the molecule is CC1CCC(Nc2c(Cl)cc(N)cc2C(=O)O)C1C. The van der Waals surface area contributed by atoms with E-state index in [2.05, 4.69) is 19.2 Å². The number of anilines is 2. The topological polar surface area (TPSA) is 75.3 Å². The maximum Gasteiger partial charge on any atom is 0.337 e. The quantitative estimate of drug-likeness (QED) is 0.742. The summed E-state index contributed by atoms with van der Waals surface area (Å²) in [6.07, 6.45) is 2.18. The first-order chi connectivity index (χ1) is 8.90. The molecule has 3 unspecified atom stereocenters. The lowest BCUT2D eigenvalue weighted by atomic mass is 9.97. The smallest absolute Gasteiger partial charge is 0.337 e. The van der Waals surface area contributed by atoms with Crippen LogP contribution in [0.3, 0.4) is 0 Å². The zero-order valence-electron chi connectivity index (χ0n) is 11.1. The summed E-state index contributed by atoms with van der Waals surface area (Å²) >= 11 is 6.14. The molecule has 1 fully saturated rings. The van der Waals surface area contributed by atoms with Gasteiger partial charge in [0, 0.05) is 11.7 Å². The second kappa shape index (κ2) is 5.29. The molecule has 3 atom stereocenters. The first-order valence-electron chi connectivity index (χ1n) is 6.49. The Bertz CT molecular complexity index is 504. The largest absolute Gasteiger partial charge is 0.478 e. The normalized spacial score (nSPS) is 26.4. The van der Waals surface area contributed by atoms with Gasteiger partial charge in [0.1, 0.15) is 0 Å². The van der Waals surface area contributed by atoms with Gasteiger partial charge in [0.15, 0.2) is 0 Å². The van der Waals surface area contributed by atoms with E-state index in [1.165, 1.54) is 6.07 Å². The number of hydrogen-bond acceptors (Lipinski definition) is 3. The third kappa shape index (κ3) is 2.78. The highest BCUT2D eigenvalue weighted by Gasteiger charge is 2.31. The Balaban J connectivity index is 2.32. The maximum atomic E-state index is 11.3. The van der Waals surface area contributed by atoms with Crippen molar-refractivity contribution in [1.29, 1.82) is 0 Å². The van der Waals surface area contributed by atoms with Crippen molar-refractivity contribution in [3.05, 3.63) is 22.7 Å². The van der Waals surface area contributed by atoms with Gasteiger partial charge in [-0.1, -0.05) is 25.4 Å². The van der Waals surface area contributed by atoms with E-state index in [4.69, 9.17) is 17.3 Å². The van der Waals surface area contributed by atoms with E-state index in [9.17, 15) is 9.90 Å². The summed E-state index contributed by atoms with van der Waals surface area (Å²) in [6.45, 7) is 4.40. The van der Waals surface area contributed by atoms with Crippen molar-refractivity contribution in [2.45, 2.75) is 32.7 Å². The number of nitrogens with one attached hydrogen (secondary N) is 1. The number of benzene rings is 1. The van der Waals surface area contributed by atoms with Crippen LogP contribution in [0.25, 0.3) is 0 Å². The number of hydrogen-bond donors (Lipinski definition) is 3. The number of carboxylic acid groups (broad SMARTS) is 1. The van der Waals surface area contributed by atoms with Crippen LogP contribution in [0.15, 0.2) is 12.1 Å². The number of rotatable bonds is 3. The molecule has 2 rings (SSSR count). The molecule has 0 aromatic heterocycles. The van der Waals surface area contributed by atoms with Crippen LogP contribution in [-0.4, -0.2) is 17.1 Å². The van der Waals surface area contributed by atoms with E-state index in [1.54, 1.807) is 6.07 Å². The number of aromatic carboxylic acids is 1. The summed E-state index contributed by atoms with van der Waals surface area (Å²) in [5.74, 6) is 0.115. The highest BCUT2D eigenvalue weighted by Crippen LogP contribution is 2.36. The first kappa shape index (κ1) is 14.0. The van der Waals surface area contributed by atoms with E-state index < -0.39 is 5.97 Å². The Hall–Kier alpha value is -1.42. The molecule has 4 N–H and O–H groups in total. The highest BCUT2D eigenvalue weighted by molar-refractivity contribution is 6.34. The molecule has 1 aromatic rings. The van der Waals surface area contributed by atoms with Crippen LogP contribution in [0.5, 0.6) is 0 Å². The number of carboxylic acids is 1. The van der Waals surface area contributed by atoms with Crippen molar-refractivity contribution in [3.63, 3.8) is 0 Å². The van der Waals surface area contributed by atoms with Gasteiger partial charge < -0.3 is 16.2 Å². The van der Waals surface area contributed by atoms with E-state index >= 15 is 0 Å². The van der Waals surface area contributed by atoms with E-state index in [0.717, 1.165) is 12.8 Å². The summed E-state index contributed by atoms with van der Waals surface area (Å²) in [4.78, 5) is 11.3. The molecule has 19 heavy (non-hydrogen) atoms. The zero-order chi connectivity index (χ0) is 14.2. The lowest BCUT2D eigenvalue weighted by Crippen LogP contribution is -2.25. The lowest BCUT2D eigenvalue weighted by molar-refractivity contribution is 0.0698. The number of carbonyl (C=O) groups is 1. The van der Waals surface area contributed by atoms with Crippen LogP contribution in [0.2, 0.25) is 5.02 Å². The molecule has 1 aliphatic carbocycles. The summed E-state index contributed by atoms with van der Waals surface area (Å²) in [7, 11) is 0. The molecule has 0 radical (unpaired) electrons. The van der Waals surface area contributed by atoms with Crippen LogP contribution in [0.4, 0.5) is 11.4 Å². The van der Waals surface area contributed by atoms with Crippen molar-refractivity contribution in [3.8, 4) is 0 Å². The molecule has 1 aliphatic rings. The monoisotopic (exact) mass is 282 g/mol. The summed E-state index contributed by atoms with van der Waals surface area (Å²) in [5.41, 5.74) is 6.63. The summed E-state index contributed by atoms with van der Waals surface area (Å²) in [6, 6.07) is 3.29. The maximum absolute atomic E-state index is 11.3. The van der Waals surface area contributed by atoms with Crippen molar-refractivity contribution < 1.29 is 9.90 Å². The molecule has 104 valence electrons. The van der Waals surface area contributed by atoms with Gasteiger partial charge in [-0.3, -0.25) is 0 Å². The molecule has 5 heteroatoms. The fourth-order valence-corrected chi connectivity index (χ4v) is 2.98. The molecule has 0 bridgehead atoms. The van der Waals surface area contributed by atoms with Crippen LogP contribution in [0, 0.1) is 11.8 Å². The minimum atomic E-state index is -1.02. The molecule has 1 aromatic carbocycles. The molecule has 0 amide bonds. The predicted molar refractivity (Wildman–Crippen MR) is 77.8 cm³/mol. The molecule has 0 saturated heterocycles. The predicted octanol–water partition coefficient (Wildman–Crippen LogP) is 3.47. The fourth-order valence-electron chi connectivity index (χ4n) is 2.70. The Morgan fingerprint density at radius 2 is 2.11 bits per heavy atom. The zero-order valence-corrected chi connectivity index (χ0v) is 11.9. The van der Waals surface area contributed by atoms with E-state index in [0.29, 0.717) is 28.2 Å².